The number of carbonyl (C=O) groups excluding carboxylic acids is 4. The number of phenolic OH excluding ortho intramolecular Hbond substituents is 1. The summed E-state index contributed by atoms with van der Waals surface area (Å²) < 4.78 is 5.19. The number of carbonyl (C=O) groups is 4. The molecule has 38 heavy (non-hydrogen) atoms. The first-order valence-corrected chi connectivity index (χ1v) is 11.9. The number of rotatable bonds is 8. The van der Waals surface area contributed by atoms with Crippen molar-refractivity contribution < 1.29 is 29.0 Å². The average Bonchev–Trinajstić information content (AvgIpc) is 2.79. The number of hydrogen-bond donors (Lipinski definition) is 4. The third-order valence-corrected chi connectivity index (χ3v) is 5.60. The van der Waals surface area contributed by atoms with Gasteiger partial charge in [-0.05, 0) is 69.5 Å². The third kappa shape index (κ3) is 7.88. The molecule has 0 fully saturated rings. The first kappa shape index (κ1) is 30.0. The molecule has 2 aromatic carbocycles. The van der Waals surface area contributed by atoms with Crippen molar-refractivity contribution in [3.8, 4) is 18.2 Å². The minimum absolute atomic E-state index is 0.0355. The second-order valence-corrected chi connectivity index (χ2v) is 9.98. The minimum Gasteiger partial charge on any atom is -0.508 e. The normalized spacial score (nSPS) is 12.4. The van der Waals surface area contributed by atoms with E-state index in [1.165, 1.54) is 18.2 Å². The smallest absolute Gasteiger partial charge is 0.408 e. The largest absolute Gasteiger partial charge is 0.508 e. The summed E-state index contributed by atoms with van der Waals surface area (Å²) in [6.07, 6.45) is 4.12. The molecule has 0 aliphatic heterocycles. The zero-order valence-corrected chi connectivity index (χ0v) is 22.6. The van der Waals surface area contributed by atoms with Gasteiger partial charge in [0.1, 0.15) is 23.4 Å². The molecule has 11 heteroatoms. The van der Waals surface area contributed by atoms with Gasteiger partial charge in [-0.3, -0.25) is 19.3 Å². The Labute approximate surface area is 226 Å². The summed E-state index contributed by atoms with van der Waals surface area (Å²) in [4.78, 5) is 52.2. The monoisotopic (exact) mass is 542 g/mol. The molecule has 0 aliphatic rings. The van der Waals surface area contributed by atoms with Gasteiger partial charge in [0.25, 0.3) is 11.8 Å². The second kappa shape index (κ2) is 12.3. The van der Waals surface area contributed by atoms with Crippen LogP contribution < -0.4 is 16.4 Å². The molecule has 0 saturated carbocycles. The number of nitrogens with two attached hydrogens (primary N) is 1. The molecule has 0 spiro atoms. The molecule has 2 rings (SSSR count). The number of aryl methyl sites for hydroxylation is 2. The number of ether oxygens (including phenoxy) is 1. The molecule has 5 N–H and O–H groups in total. The highest BCUT2D eigenvalue weighted by Crippen LogP contribution is 2.31. The van der Waals surface area contributed by atoms with Crippen molar-refractivity contribution in [3.05, 3.63) is 58.1 Å². The summed E-state index contributed by atoms with van der Waals surface area (Å²) in [7, 11) is 0. The summed E-state index contributed by atoms with van der Waals surface area (Å²) in [6, 6.07) is 8.50. The molecule has 2 atom stereocenters. The number of nitrogens with one attached hydrogen (secondary N) is 2. The van der Waals surface area contributed by atoms with Gasteiger partial charge < -0.3 is 26.2 Å². The predicted octanol–water partition coefficient (Wildman–Crippen LogP) is 3.53. The van der Waals surface area contributed by atoms with E-state index in [1.54, 1.807) is 52.8 Å². The van der Waals surface area contributed by atoms with Gasteiger partial charge in [0.2, 0.25) is 5.91 Å². The van der Waals surface area contributed by atoms with Crippen LogP contribution in [0.1, 0.15) is 49.9 Å². The van der Waals surface area contributed by atoms with Gasteiger partial charge in [0.05, 0.1) is 17.1 Å². The number of terminal acetylenes is 1. The van der Waals surface area contributed by atoms with Crippen molar-refractivity contribution in [2.45, 2.75) is 58.7 Å². The Balaban J connectivity index is 2.55. The average molecular weight is 543 g/mol. The molecule has 0 saturated heterocycles. The fourth-order valence-electron chi connectivity index (χ4n) is 3.53. The number of nitrogens with zero attached hydrogens (tertiary/aromatic N) is 1. The highest BCUT2D eigenvalue weighted by Gasteiger charge is 2.37. The Morgan fingerprint density at radius 2 is 1.82 bits per heavy atom. The number of benzene rings is 2. The zero-order valence-electron chi connectivity index (χ0n) is 21.8. The van der Waals surface area contributed by atoms with E-state index in [0.29, 0.717) is 16.8 Å². The number of alkyl carbamates (subject to hydrolysis) is 1. The number of hydrogen-bond acceptors (Lipinski definition) is 6. The number of aromatic hydroxyl groups is 1. The van der Waals surface area contributed by atoms with Crippen molar-refractivity contribution in [1.82, 2.24) is 10.2 Å². The highest BCUT2D eigenvalue weighted by molar-refractivity contribution is 6.34. The van der Waals surface area contributed by atoms with Crippen LogP contribution in [0.15, 0.2) is 36.4 Å². The molecule has 0 heterocycles. The van der Waals surface area contributed by atoms with Crippen LogP contribution in [0.3, 0.4) is 0 Å². The Hall–Kier alpha value is -4.23. The van der Waals surface area contributed by atoms with Crippen LogP contribution in [0, 0.1) is 26.3 Å². The lowest BCUT2D eigenvalue weighted by Gasteiger charge is -2.30. The van der Waals surface area contributed by atoms with E-state index in [-0.39, 0.29) is 16.3 Å². The van der Waals surface area contributed by atoms with Gasteiger partial charge >= 0.3 is 6.09 Å². The van der Waals surface area contributed by atoms with E-state index in [1.807, 2.05) is 0 Å². The van der Waals surface area contributed by atoms with E-state index in [0.717, 1.165) is 4.90 Å². The van der Waals surface area contributed by atoms with E-state index in [9.17, 15) is 24.3 Å². The molecular weight excluding hydrogens is 512 g/mol. The van der Waals surface area contributed by atoms with Gasteiger partial charge in [-0.15, -0.1) is 0 Å². The highest BCUT2D eigenvalue weighted by atomic mass is 35.5. The fraction of sp³-hybridized carbons (Fsp3) is 0.333. The first-order valence-electron chi connectivity index (χ1n) is 11.6. The third-order valence-electron chi connectivity index (χ3n) is 5.28. The lowest BCUT2D eigenvalue weighted by Crippen LogP contribution is -2.52. The van der Waals surface area contributed by atoms with Crippen molar-refractivity contribution in [1.29, 1.82) is 0 Å². The van der Waals surface area contributed by atoms with Gasteiger partial charge in [-0.25, -0.2) is 4.79 Å². The van der Waals surface area contributed by atoms with Crippen LogP contribution in [-0.2, 0) is 19.1 Å². The van der Waals surface area contributed by atoms with Crippen LogP contribution in [0.4, 0.5) is 10.5 Å². The van der Waals surface area contributed by atoms with Gasteiger partial charge in [-0.1, -0.05) is 36.2 Å². The van der Waals surface area contributed by atoms with E-state index in [2.05, 4.69) is 16.7 Å². The van der Waals surface area contributed by atoms with Gasteiger partial charge in [-0.2, -0.15) is 0 Å². The number of phenols is 1. The van der Waals surface area contributed by atoms with E-state index in [4.69, 9.17) is 28.5 Å². The molecule has 202 valence electrons. The quantitative estimate of drug-likeness (QED) is 0.296. The van der Waals surface area contributed by atoms with Crippen molar-refractivity contribution in [2.24, 2.45) is 5.73 Å². The molecule has 0 aliphatic carbocycles. The summed E-state index contributed by atoms with van der Waals surface area (Å²) >= 11 is 6.28. The number of amides is 4. The fourth-order valence-corrected chi connectivity index (χ4v) is 3.80. The van der Waals surface area contributed by atoms with Crippen LogP contribution >= 0.6 is 11.6 Å². The molecule has 0 bridgehead atoms. The maximum atomic E-state index is 13.6. The van der Waals surface area contributed by atoms with Crippen LogP contribution in [-0.4, -0.2) is 45.5 Å². The number of primary amides is 1. The summed E-state index contributed by atoms with van der Waals surface area (Å²) in [5, 5.41) is 15.3. The predicted molar refractivity (Wildman–Crippen MR) is 143 cm³/mol. The topological polar surface area (TPSA) is 151 Å². The molecule has 2 unspecified atom stereocenters. The lowest BCUT2D eigenvalue weighted by molar-refractivity contribution is -0.138. The molecule has 10 nitrogen and oxygen atoms in total. The van der Waals surface area contributed by atoms with Crippen molar-refractivity contribution in [3.63, 3.8) is 0 Å². The SMILES string of the molecule is C#CN(C(=O)C(CC(N)=O)NC(=O)OC(C)(C)C)C(C(=O)Nc1c(C)cccc1Cl)c1ccc(O)c(C)c1. The first-order chi connectivity index (χ1) is 17.6. The van der Waals surface area contributed by atoms with E-state index < -0.39 is 47.9 Å². The second-order valence-electron chi connectivity index (χ2n) is 9.58. The number of anilines is 1. The lowest BCUT2D eigenvalue weighted by atomic mass is 10.00. The number of para-hydroxylation sites is 1. The molecule has 2 aromatic rings. The zero-order chi connectivity index (χ0) is 28.8. The molecule has 4 amide bonds. The minimum atomic E-state index is -1.53. The van der Waals surface area contributed by atoms with Crippen LogP contribution in [0.25, 0.3) is 0 Å². The standard InChI is InChI=1S/C27H31ClN4O6/c1-7-32(25(36)19(14-21(29)34)30-26(37)38-27(4,5)6)23(17-11-12-20(33)16(3)13-17)24(35)31-22-15(2)9-8-10-18(22)28/h1,8-13,19,23,33H,14H2,2-6H3,(H2,29,34)(H,30,37)(H,31,35). The molecule has 0 radical (unpaired) electrons. The van der Waals surface area contributed by atoms with Crippen molar-refractivity contribution >= 4 is 41.1 Å². The van der Waals surface area contributed by atoms with Gasteiger partial charge in [0, 0.05) is 6.04 Å². The Kier molecular flexibility index (Phi) is 9.74. The Morgan fingerprint density at radius 3 is 2.34 bits per heavy atom. The van der Waals surface area contributed by atoms with E-state index >= 15 is 0 Å². The van der Waals surface area contributed by atoms with Gasteiger partial charge in [0.15, 0.2) is 0 Å². The summed E-state index contributed by atoms with van der Waals surface area (Å²) in [5.74, 6) is -2.62. The number of halogens is 1. The molecule has 0 aromatic heterocycles. The Morgan fingerprint density at radius 1 is 1.16 bits per heavy atom. The van der Waals surface area contributed by atoms with Crippen molar-refractivity contribution in [2.75, 3.05) is 5.32 Å². The maximum Gasteiger partial charge on any atom is 0.408 e. The van der Waals surface area contributed by atoms with Crippen LogP contribution in [0.5, 0.6) is 5.75 Å². The Bertz CT molecular complexity index is 1260. The van der Waals surface area contributed by atoms with Crippen LogP contribution in [0.2, 0.25) is 5.02 Å². The summed E-state index contributed by atoms with van der Waals surface area (Å²) in [5.41, 5.74) is 6.06. The summed E-state index contributed by atoms with van der Waals surface area (Å²) in [6.45, 7) is 8.20. The maximum absolute atomic E-state index is 13.6. The molecular formula is C27H31ClN4O6.